The second kappa shape index (κ2) is 3.65. The van der Waals surface area contributed by atoms with Crippen molar-refractivity contribution >= 4 is 27.7 Å². The third-order valence-electron chi connectivity index (χ3n) is 1.63. The summed E-state index contributed by atoms with van der Waals surface area (Å²) in [6, 6.07) is 3.84. The van der Waals surface area contributed by atoms with E-state index in [-0.39, 0.29) is 0 Å². The molecule has 0 spiro atoms. The van der Waals surface area contributed by atoms with Gasteiger partial charge in [0, 0.05) is 4.47 Å². The zero-order valence-corrected chi connectivity index (χ0v) is 8.47. The molecule has 0 aromatic heterocycles. The summed E-state index contributed by atoms with van der Waals surface area (Å²) in [4.78, 5) is 13.6. The number of aliphatic imine (C=N–C) groups is 1. The Hall–Kier alpha value is -0.920. The highest BCUT2D eigenvalue weighted by atomic mass is 79.9. The summed E-state index contributed by atoms with van der Waals surface area (Å²) < 4.78 is 0.969. The third-order valence-corrected chi connectivity index (χ3v) is 2.45. The number of halogens is 1. The van der Waals surface area contributed by atoms with E-state index in [9.17, 15) is 4.79 Å². The number of aryl methyl sites for hydroxylation is 1. The molecule has 0 saturated heterocycles. The lowest BCUT2D eigenvalue weighted by Gasteiger charge is -2.02. The molecule has 0 unspecified atom stereocenters. The van der Waals surface area contributed by atoms with E-state index in [2.05, 4.69) is 20.9 Å². The average Bonchev–Trinajstić information content (AvgIpc) is 2.00. The predicted molar refractivity (Wildman–Crippen MR) is 51.4 cm³/mol. The molecule has 0 heterocycles. The van der Waals surface area contributed by atoms with Crippen LogP contribution in [-0.4, -0.2) is 6.08 Å². The Labute approximate surface area is 79.5 Å². The maximum atomic E-state index is 10.0. The number of isocyanates is 1. The van der Waals surface area contributed by atoms with Gasteiger partial charge in [-0.1, -0.05) is 15.9 Å². The Morgan fingerprint density at radius 2 is 2.08 bits per heavy atom. The zero-order valence-electron chi connectivity index (χ0n) is 6.89. The first-order valence-electron chi connectivity index (χ1n) is 3.50. The second-order valence-electron chi connectivity index (χ2n) is 2.59. The summed E-state index contributed by atoms with van der Waals surface area (Å²) in [6.07, 6.45) is 1.53. The van der Waals surface area contributed by atoms with Crippen molar-refractivity contribution in [2.24, 2.45) is 4.99 Å². The lowest BCUT2D eigenvalue weighted by atomic mass is 10.1. The maximum Gasteiger partial charge on any atom is 0.240 e. The van der Waals surface area contributed by atoms with Gasteiger partial charge in [0.2, 0.25) is 6.08 Å². The molecule has 0 aliphatic rings. The molecule has 1 aromatic rings. The van der Waals surface area contributed by atoms with E-state index >= 15 is 0 Å². The SMILES string of the molecule is Cc1cc(Br)c(C)c(N=C=O)c1. The summed E-state index contributed by atoms with van der Waals surface area (Å²) >= 11 is 3.38. The van der Waals surface area contributed by atoms with Crippen LogP contribution in [0, 0.1) is 13.8 Å². The molecule has 3 heteroatoms. The van der Waals surface area contributed by atoms with Crippen molar-refractivity contribution in [1.82, 2.24) is 0 Å². The molecule has 0 N–H and O–H groups in total. The molecule has 0 fully saturated rings. The van der Waals surface area contributed by atoms with E-state index in [1.54, 1.807) is 0 Å². The lowest BCUT2D eigenvalue weighted by molar-refractivity contribution is 0.565. The normalized spacial score (nSPS) is 9.25. The van der Waals surface area contributed by atoms with Gasteiger partial charge in [-0.05, 0) is 37.1 Å². The van der Waals surface area contributed by atoms with Gasteiger partial charge >= 0.3 is 0 Å². The van der Waals surface area contributed by atoms with Crippen molar-refractivity contribution in [3.63, 3.8) is 0 Å². The Bertz CT molecular complexity index is 354. The molecule has 0 aliphatic carbocycles. The van der Waals surface area contributed by atoms with Crippen LogP contribution in [0.3, 0.4) is 0 Å². The lowest BCUT2D eigenvalue weighted by Crippen LogP contribution is -1.79. The smallest absolute Gasteiger partial charge is 0.211 e. The van der Waals surface area contributed by atoms with Crippen molar-refractivity contribution in [3.05, 3.63) is 27.7 Å². The summed E-state index contributed by atoms with van der Waals surface area (Å²) in [5.74, 6) is 0. The Morgan fingerprint density at radius 1 is 1.42 bits per heavy atom. The number of carbonyl (C=O) groups excluding carboxylic acids is 1. The van der Waals surface area contributed by atoms with Gasteiger partial charge in [0.15, 0.2) is 0 Å². The first-order chi connectivity index (χ1) is 5.65. The fourth-order valence-corrected chi connectivity index (χ4v) is 1.53. The largest absolute Gasteiger partial charge is 0.240 e. The van der Waals surface area contributed by atoms with Gasteiger partial charge in [0.05, 0.1) is 5.69 Å². The topological polar surface area (TPSA) is 29.4 Å². The van der Waals surface area contributed by atoms with E-state index in [0.29, 0.717) is 5.69 Å². The van der Waals surface area contributed by atoms with Crippen LogP contribution >= 0.6 is 15.9 Å². The molecule has 0 atom stereocenters. The van der Waals surface area contributed by atoms with Crippen molar-refractivity contribution < 1.29 is 4.79 Å². The van der Waals surface area contributed by atoms with Crippen molar-refractivity contribution in [1.29, 1.82) is 0 Å². The van der Waals surface area contributed by atoms with Crippen LogP contribution < -0.4 is 0 Å². The summed E-state index contributed by atoms with van der Waals surface area (Å²) in [6.45, 7) is 3.85. The predicted octanol–water partition coefficient (Wildman–Crippen LogP) is 3.03. The highest BCUT2D eigenvalue weighted by Crippen LogP contribution is 2.27. The number of nitrogens with zero attached hydrogens (tertiary/aromatic N) is 1. The summed E-state index contributed by atoms with van der Waals surface area (Å²) in [5.41, 5.74) is 2.71. The van der Waals surface area contributed by atoms with E-state index in [1.165, 1.54) is 6.08 Å². The molecule has 12 heavy (non-hydrogen) atoms. The highest BCUT2D eigenvalue weighted by molar-refractivity contribution is 9.10. The van der Waals surface area contributed by atoms with Gasteiger partial charge in [-0.15, -0.1) is 0 Å². The Balaban J connectivity index is 3.36. The minimum Gasteiger partial charge on any atom is -0.211 e. The average molecular weight is 226 g/mol. The minimum atomic E-state index is 0.678. The van der Waals surface area contributed by atoms with Crippen LogP contribution in [0.2, 0.25) is 0 Å². The molecule has 0 aliphatic heterocycles. The third kappa shape index (κ3) is 1.81. The van der Waals surface area contributed by atoms with Crippen LogP contribution in [-0.2, 0) is 4.79 Å². The van der Waals surface area contributed by atoms with Gasteiger partial charge < -0.3 is 0 Å². The molecule has 1 rings (SSSR count). The number of hydrogen-bond acceptors (Lipinski definition) is 2. The molecular weight excluding hydrogens is 218 g/mol. The fraction of sp³-hybridized carbons (Fsp3) is 0.222. The van der Waals surface area contributed by atoms with E-state index < -0.39 is 0 Å². The Kier molecular flexibility index (Phi) is 2.79. The molecular formula is C9H8BrNO. The van der Waals surface area contributed by atoms with Gasteiger partial charge in [-0.25, -0.2) is 4.79 Å². The van der Waals surface area contributed by atoms with Crippen LogP contribution in [0.1, 0.15) is 11.1 Å². The molecule has 2 nitrogen and oxygen atoms in total. The number of benzene rings is 1. The van der Waals surface area contributed by atoms with Gasteiger partial charge in [0.1, 0.15) is 0 Å². The highest BCUT2D eigenvalue weighted by Gasteiger charge is 2.01. The first-order valence-corrected chi connectivity index (χ1v) is 4.29. The fourth-order valence-electron chi connectivity index (χ4n) is 0.961. The van der Waals surface area contributed by atoms with Crippen molar-refractivity contribution in [2.75, 3.05) is 0 Å². The number of hydrogen-bond donors (Lipinski definition) is 0. The molecule has 62 valence electrons. The van der Waals surface area contributed by atoms with Crippen LogP contribution in [0.5, 0.6) is 0 Å². The maximum absolute atomic E-state index is 10.0. The quantitative estimate of drug-likeness (QED) is 0.534. The Morgan fingerprint density at radius 3 is 2.67 bits per heavy atom. The first kappa shape index (κ1) is 9.17. The summed E-state index contributed by atoms with van der Waals surface area (Å²) in [7, 11) is 0. The van der Waals surface area contributed by atoms with E-state index in [4.69, 9.17) is 0 Å². The monoisotopic (exact) mass is 225 g/mol. The van der Waals surface area contributed by atoms with Crippen LogP contribution in [0.25, 0.3) is 0 Å². The van der Waals surface area contributed by atoms with Gasteiger partial charge in [0.25, 0.3) is 0 Å². The van der Waals surface area contributed by atoms with Gasteiger partial charge in [-0.3, -0.25) is 0 Å². The van der Waals surface area contributed by atoms with Crippen molar-refractivity contribution in [3.8, 4) is 0 Å². The van der Waals surface area contributed by atoms with Gasteiger partial charge in [-0.2, -0.15) is 4.99 Å². The minimum absolute atomic E-state index is 0.678. The standard InChI is InChI=1S/C9H8BrNO/c1-6-3-8(10)7(2)9(4-6)11-5-12/h3-4H,1-2H3. The summed E-state index contributed by atoms with van der Waals surface area (Å²) in [5, 5.41) is 0. The van der Waals surface area contributed by atoms with Crippen LogP contribution in [0.15, 0.2) is 21.6 Å². The van der Waals surface area contributed by atoms with Crippen molar-refractivity contribution in [2.45, 2.75) is 13.8 Å². The van der Waals surface area contributed by atoms with E-state index in [1.807, 2.05) is 26.0 Å². The number of rotatable bonds is 1. The molecule has 0 bridgehead atoms. The molecule has 1 aromatic carbocycles. The molecule has 0 radical (unpaired) electrons. The van der Waals surface area contributed by atoms with Crippen LogP contribution in [0.4, 0.5) is 5.69 Å². The van der Waals surface area contributed by atoms with E-state index in [0.717, 1.165) is 15.6 Å². The molecule has 0 saturated carbocycles. The zero-order chi connectivity index (χ0) is 9.14. The molecule has 0 amide bonds. The second-order valence-corrected chi connectivity index (χ2v) is 3.45.